The van der Waals surface area contributed by atoms with E-state index in [1.807, 2.05) is 31.2 Å². The molecule has 2 amide bonds. The second-order valence-electron chi connectivity index (χ2n) is 9.22. The van der Waals surface area contributed by atoms with Crippen LogP contribution in [0.4, 0.5) is 10.8 Å². The van der Waals surface area contributed by atoms with E-state index in [4.69, 9.17) is 0 Å². The maximum Gasteiger partial charge on any atom is 0.261 e. The first-order valence-electron chi connectivity index (χ1n) is 11.4. The molecule has 0 radical (unpaired) electrons. The summed E-state index contributed by atoms with van der Waals surface area (Å²) in [6.07, 6.45) is 8.34. The predicted octanol–water partition coefficient (Wildman–Crippen LogP) is 3.43. The summed E-state index contributed by atoms with van der Waals surface area (Å²) >= 11 is 1.38. The van der Waals surface area contributed by atoms with Gasteiger partial charge in [-0.2, -0.15) is 4.98 Å². The molecule has 0 bridgehead atoms. The van der Waals surface area contributed by atoms with E-state index in [9.17, 15) is 9.59 Å². The molecule has 1 spiro atoms. The number of amides is 2. The normalized spacial score (nSPS) is 19.5. The van der Waals surface area contributed by atoms with Crippen LogP contribution in [0.25, 0.3) is 21.5 Å². The van der Waals surface area contributed by atoms with Gasteiger partial charge in [-0.05, 0) is 43.2 Å². The van der Waals surface area contributed by atoms with Gasteiger partial charge in [0.25, 0.3) is 5.91 Å². The Morgan fingerprint density at radius 2 is 2.03 bits per heavy atom. The fourth-order valence-electron chi connectivity index (χ4n) is 4.90. The van der Waals surface area contributed by atoms with Gasteiger partial charge in [-0.3, -0.25) is 24.9 Å². The largest absolute Gasteiger partial charge is 0.370 e. The number of thiazole rings is 1. The van der Waals surface area contributed by atoms with Crippen LogP contribution in [0.3, 0.4) is 0 Å². The van der Waals surface area contributed by atoms with Gasteiger partial charge in [0.2, 0.25) is 5.91 Å². The van der Waals surface area contributed by atoms with Crippen molar-refractivity contribution < 1.29 is 9.59 Å². The number of aryl methyl sites for hydroxylation is 1. The topological polar surface area (TPSA) is 113 Å². The molecule has 0 aliphatic carbocycles. The van der Waals surface area contributed by atoms with Crippen molar-refractivity contribution in [1.29, 1.82) is 0 Å². The van der Waals surface area contributed by atoms with E-state index < -0.39 is 0 Å². The lowest BCUT2D eigenvalue weighted by atomic mass is 9.86. The highest BCUT2D eigenvalue weighted by Crippen LogP contribution is 2.40. The van der Waals surface area contributed by atoms with Crippen LogP contribution in [0, 0.1) is 12.3 Å². The maximum atomic E-state index is 13.3. The van der Waals surface area contributed by atoms with Crippen LogP contribution in [0.15, 0.2) is 49.1 Å². The Balaban J connectivity index is 1.25. The number of carbonyl (C=O) groups excluding carboxylic acids is 2. The van der Waals surface area contributed by atoms with E-state index in [0.29, 0.717) is 29.3 Å². The molecule has 0 unspecified atom stereocenters. The summed E-state index contributed by atoms with van der Waals surface area (Å²) in [6.45, 7) is 4.13. The molecule has 2 fully saturated rings. The third kappa shape index (κ3) is 4.10. The van der Waals surface area contributed by atoms with Crippen molar-refractivity contribution in [2.75, 3.05) is 29.9 Å². The Morgan fingerprint density at radius 3 is 2.83 bits per heavy atom. The van der Waals surface area contributed by atoms with Crippen LogP contribution in [0.1, 0.15) is 28.9 Å². The first-order chi connectivity index (χ1) is 17.0. The van der Waals surface area contributed by atoms with Crippen LogP contribution >= 0.6 is 11.3 Å². The molecule has 2 aliphatic rings. The molecule has 0 saturated carbocycles. The zero-order valence-corrected chi connectivity index (χ0v) is 19.9. The van der Waals surface area contributed by atoms with Crippen LogP contribution < -0.4 is 15.5 Å². The van der Waals surface area contributed by atoms with E-state index >= 15 is 0 Å². The lowest BCUT2D eigenvalue weighted by molar-refractivity contribution is -0.119. The number of carbonyl (C=O) groups is 2. The molecule has 9 nitrogen and oxygen atoms in total. The van der Waals surface area contributed by atoms with Crippen molar-refractivity contribution in [2.45, 2.75) is 19.8 Å². The Kier molecular flexibility index (Phi) is 5.18. The summed E-state index contributed by atoms with van der Waals surface area (Å²) < 4.78 is 0.886. The van der Waals surface area contributed by atoms with E-state index in [2.05, 4.69) is 35.5 Å². The molecule has 176 valence electrons. The molecule has 1 atom stereocenters. The Morgan fingerprint density at radius 1 is 1.17 bits per heavy atom. The molecular formula is C25H23N7O2S. The summed E-state index contributed by atoms with van der Waals surface area (Å²) in [6, 6.07) is 7.82. The number of hydrogen-bond acceptors (Lipinski definition) is 8. The number of fused-ring (bicyclic) bond motifs is 1. The average Bonchev–Trinajstić information content (AvgIpc) is 3.57. The van der Waals surface area contributed by atoms with Gasteiger partial charge < -0.3 is 10.2 Å². The minimum Gasteiger partial charge on any atom is -0.370 e. The number of nitrogens with zero attached hydrogens (tertiary/aromatic N) is 5. The molecule has 2 N–H and O–H groups in total. The van der Waals surface area contributed by atoms with Crippen molar-refractivity contribution in [1.82, 2.24) is 25.3 Å². The number of rotatable bonds is 4. The van der Waals surface area contributed by atoms with Crippen molar-refractivity contribution in [3.8, 4) is 11.1 Å². The SMILES string of the molecule is Cc1cc(N2CC[C@@]3(CNC(=O)C3)C2)c(C(=O)Nc2nc3ncc(-c4ccncc4)cc3s2)cn1. The summed E-state index contributed by atoms with van der Waals surface area (Å²) in [5.74, 6) is -0.158. The second kappa shape index (κ2) is 8.38. The molecule has 4 aromatic heterocycles. The second-order valence-corrected chi connectivity index (χ2v) is 10.3. The lowest BCUT2D eigenvalue weighted by Gasteiger charge is -2.25. The average molecular weight is 486 g/mol. The summed E-state index contributed by atoms with van der Waals surface area (Å²) in [5, 5.41) is 6.39. The van der Waals surface area contributed by atoms with Crippen LogP contribution in [-0.2, 0) is 4.79 Å². The molecule has 6 rings (SSSR count). The third-order valence-electron chi connectivity index (χ3n) is 6.72. The first-order valence-corrected chi connectivity index (χ1v) is 12.3. The van der Waals surface area contributed by atoms with Gasteiger partial charge in [0.05, 0.1) is 16.0 Å². The van der Waals surface area contributed by atoms with Gasteiger partial charge in [-0.25, -0.2) is 4.98 Å². The minimum atomic E-state index is -0.262. The zero-order valence-electron chi connectivity index (χ0n) is 19.1. The number of nitrogens with one attached hydrogen (secondary N) is 2. The van der Waals surface area contributed by atoms with Crippen molar-refractivity contribution in [2.24, 2.45) is 5.41 Å². The highest BCUT2D eigenvalue weighted by atomic mass is 32.1. The maximum absolute atomic E-state index is 13.3. The van der Waals surface area contributed by atoms with E-state index in [1.54, 1.807) is 24.8 Å². The standard InChI is InChI=1S/C25H23N7O2S/c1-15-8-19(32-7-4-25(14-32)10-21(33)29-13-25)18(12-27-15)23(34)31-24-30-22-20(35-24)9-17(11-28-22)16-2-5-26-6-3-16/h2-3,5-6,8-9,11-12H,4,7,10,13-14H2,1H3,(H,29,33)(H,28,30,31,34)/t25-/m1/s1. The van der Waals surface area contributed by atoms with Crippen molar-refractivity contribution in [3.63, 3.8) is 0 Å². The van der Waals surface area contributed by atoms with Crippen LogP contribution in [0.2, 0.25) is 0 Å². The molecule has 6 heterocycles. The highest BCUT2D eigenvalue weighted by molar-refractivity contribution is 7.22. The fraction of sp³-hybridized carbons (Fsp3) is 0.280. The predicted molar refractivity (Wildman–Crippen MR) is 134 cm³/mol. The van der Waals surface area contributed by atoms with Gasteiger partial charge in [-0.15, -0.1) is 0 Å². The zero-order chi connectivity index (χ0) is 24.0. The smallest absolute Gasteiger partial charge is 0.261 e. The van der Waals surface area contributed by atoms with E-state index in [0.717, 1.165) is 46.7 Å². The number of anilines is 2. The molecular weight excluding hydrogens is 462 g/mol. The molecule has 2 aliphatic heterocycles. The van der Waals surface area contributed by atoms with Crippen LogP contribution in [0.5, 0.6) is 0 Å². The van der Waals surface area contributed by atoms with Gasteiger partial charge in [0.15, 0.2) is 10.8 Å². The van der Waals surface area contributed by atoms with Crippen LogP contribution in [-0.4, -0.2) is 51.4 Å². The van der Waals surface area contributed by atoms with E-state index in [1.165, 1.54) is 11.3 Å². The monoisotopic (exact) mass is 485 g/mol. The minimum absolute atomic E-state index is 0.0623. The van der Waals surface area contributed by atoms with Crippen molar-refractivity contribution >= 4 is 44.3 Å². The molecule has 2 saturated heterocycles. The summed E-state index contributed by atoms with van der Waals surface area (Å²) in [5.41, 5.74) is 4.68. The van der Waals surface area contributed by atoms with Gasteiger partial charge in [0.1, 0.15) is 0 Å². The highest BCUT2D eigenvalue weighted by Gasteiger charge is 2.44. The Labute approximate surface area is 205 Å². The quantitative estimate of drug-likeness (QED) is 0.455. The fourth-order valence-corrected chi connectivity index (χ4v) is 5.76. The third-order valence-corrected chi connectivity index (χ3v) is 7.63. The number of aromatic nitrogens is 4. The van der Waals surface area contributed by atoms with Gasteiger partial charge in [-0.1, -0.05) is 11.3 Å². The number of pyridine rings is 3. The van der Waals surface area contributed by atoms with Crippen molar-refractivity contribution in [3.05, 3.63) is 60.3 Å². The summed E-state index contributed by atoms with van der Waals surface area (Å²) in [4.78, 5) is 44.8. The molecule has 0 aromatic carbocycles. The van der Waals surface area contributed by atoms with E-state index in [-0.39, 0.29) is 17.2 Å². The summed E-state index contributed by atoms with van der Waals surface area (Å²) in [7, 11) is 0. The van der Waals surface area contributed by atoms with Gasteiger partial charge in [0, 0.05) is 67.5 Å². The molecule has 10 heteroatoms. The first kappa shape index (κ1) is 21.6. The number of hydrogen-bond donors (Lipinski definition) is 2. The van der Waals surface area contributed by atoms with Gasteiger partial charge >= 0.3 is 0 Å². The lowest BCUT2D eigenvalue weighted by Crippen LogP contribution is -2.30. The molecule has 35 heavy (non-hydrogen) atoms. The Hall–Kier alpha value is -3.92. The Bertz CT molecular complexity index is 1450. The molecule has 4 aromatic rings.